The van der Waals surface area contributed by atoms with E-state index in [4.69, 9.17) is 19.2 Å². The molecule has 3 aromatic rings. The SMILES string of the molecule is COCCn1c(SC(C)C(=O)NCc2ccc(OC)c(OC)c2)nc2ccccc21. The molecular weight excluding hydrogens is 402 g/mol. The molecule has 3 rings (SSSR count). The predicted molar refractivity (Wildman–Crippen MR) is 118 cm³/mol. The lowest BCUT2D eigenvalue weighted by atomic mass is 10.2. The molecule has 2 aromatic carbocycles. The van der Waals surface area contributed by atoms with Crippen molar-refractivity contribution in [1.82, 2.24) is 14.9 Å². The number of hydrogen-bond acceptors (Lipinski definition) is 6. The van der Waals surface area contributed by atoms with Crippen LogP contribution in [0.15, 0.2) is 47.6 Å². The number of carbonyl (C=O) groups excluding carboxylic acids is 1. The van der Waals surface area contributed by atoms with Crippen LogP contribution in [-0.2, 0) is 22.6 Å². The fourth-order valence-electron chi connectivity index (χ4n) is 3.08. The summed E-state index contributed by atoms with van der Waals surface area (Å²) in [7, 11) is 4.86. The molecule has 0 aliphatic heterocycles. The Balaban J connectivity index is 1.67. The Kier molecular flexibility index (Phi) is 7.59. The molecule has 30 heavy (non-hydrogen) atoms. The molecule has 1 unspecified atom stereocenters. The second-order valence-corrected chi connectivity index (χ2v) is 8.00. The van der Waals surface area contributed by atoms with Gasteiger partial charge in [0.25, 0.3) is 0 Å². The van der Waals surface area contributed by atoms with Crippen LogP contribution in [0, 0.1) is 0 Å². The molecule has 0 spiro atoms. The van der Waals surface area contributed by atoms with E-state index in [1.807, 2.05) is 49.4 Å². The number of imidazole rings is 1. The zero-order valence-electron chi connectivity index (χ0n) is 17.7. The summed E-state index contributed by atoms with van der Waals surface area (Å²) in [5, 5.41) is 3.49. The minimum atomic E-state index is -0.303. The first-order valence-corrected chi connectivity index (χ1v) is 10.5. The standard InChI is InChI=1S/C22H27N3O4S/c1-15(21(26)23-14-16-9-10-19(28-3)20(13-16)29-4)30-22-24-17-7-5-6-8-18(17)25(22)11-12-27-2/h5-10,13,15H,11-12,14H2,1-4H3,(H,23,26). The molecule has 0 aliphatic rings. The van der Waals surface area contributed by atoms with Crippen molar-refractivity contribution in [1.29, 1.82) is 0 Å². The highest BCUT2D eigenvalue weighted by Crippen LogP contribution is 2.29. The van der Waals surface area contributed by atoms with Crippen molar-refractivity contribution in [3.63, 3.8) is 0 Å². The van der Waals surface area contributed by atoms with E-state index in [1.165, 1.54) is 11.8 Å². The molecule has 0 saturated heterocycles. The molecule has 0 saturated carbocycles. The summed E-state index contributed by atoms with van der Waals surface area (Å²) in [6.07, 6.45) is 0. The first-order chi connectivity index (χ1) is 14.6. The smallest absolute Gasteiger partial charge is 0.233 e. The molecule has 0 aliphatic carbocycles. The summed E-state index contributed by atoms with van der Waals surface area (Å²) in [4.78, 5) is 17.4. The molecular formula is C22H27N3O4S. The minimum absolute atomic E-state index is 0.0554. The number of rotatable bonds is 10. The maximum absolute atomic E-state index is 12.7. The first kappa shape index (κ1) is 22.0. The van der Waals surface area contributed by atoms with Crippen LogP contribution in [0.5, 0.6) is 11.5 Å². The third-order valence-corrected chi connectivity index (χ3v) is 5.79. The largest absolute Gasteiger partial charge is 0.493 e. The second-order valence-electron chi connectivity index (χ2n) is 6.69. The van der Waals surface area contributed by atoms with Gasteiger partial charge in [-0.15, -0.1) is 0 Å². The third kappa shape index (κ3) is 5.06. The Hall–Kier alpha value is -2.71. The number of fused-ring (bicyclic) bond motifs is 1. The zero-order chi connectivity index (χ0) is 21.5. The number of methoxy groups -OCH3 is 3. The molecule has 160 valence electrons. The highest BCUT2D eigenvalue weighted by Gasteiger charge is 2.19. The molecule has 7 nitrogen and oxygen atoms in total. The number of amides is 1. The third-order valence-electron chi connectivity index (χ3n) is 4.70. The second kappa shape index (κ2) is 10.4. The number of thioether (sulfide) groups is 1. The minimum Gasteiger partial charge on any atom is -0.493 e. The molecule has 1 N–H and O–H groups in total. The average Bonchev–Trinajstić information content (AvgIpc) is 3.12. The van der Waals surface area contributed by atoms with Crippen molar-refractivity contribution in [3.8, 4) is 11.5 Å². The van der Waals surface area contributed by atoms with Gasteiger partial charge in [-0.2, -0.15) is 0 Å². The summed E-state index contributed by atoms with van der Waals surface area (Å²) in [5.41, 5.74) is 2.88. The van der Waals surface area contributed by atoms with Gasteiger partial charge in [0, 0.05) is 20.2 Å². The van der Waals surface area contributed by atoms with E-state index >= 15 is 0 Å². The summed E-state index contributed by atoms with van der Waals surface area (Å²) in [6, 6.07) is 13.6. The van der Waals surface area contributed by atoms with Crippen LogP contribution < -0.4 is 14.8 Å². The van der Waals surface area contributed by atoms with Gasteiger partial charge in [0.1, 0.15) is 0 Å². The molecule has 0 radical (unpaired) electrons. The number of para-hydroxylation sites is 2. The van der Waals surface area contributed by atoms with Crippen LogP contribution >= 0.6 is 11.8 Å². The molecule has 1 amide bonds. The summed E-state index contributed by atoms with van der Waals surface area (Å²) in [6.45, 7) is 3.55. The van der Waals surface area contributed by atoms with Gasteiger partial charge in [0.2, 0.25) is 5.91 Å². The Morgan fingerprint density at radius 3 is 2.63 bits per heavy atom. The fraction of sp³-hybridized carbons (Fsp3) is 0.364. The van der Waals surface area contributed by atoms with Crippen LogP contribution in [0.4, 0.5) is 0 Å². The van der Waals surface area contributed by atoms with Crippen molar-refractivity contribution >= 4 is 28.7 Å². The summed E-state index contributed by atoms with van der Waals surface area (Å²) in [5.74, 6) is 1.24. The summed E-state index contributed by atoms with van der Waals surface area (Å²) >= 11 is 1.44. The molecule has 1 aromatic heterocycles. The van der Waals surface area contributed by atoms with Crippen LogP contribution in [-0.4, -0.2) is 48.6 Å². The van der Waals surface area contributed by atoms with E-state index in [0.29, 0.717) is 31.2 Å². The Morgan fingerprint density at radius 2 is 1.90 bits per heavy atom. The van der Waals surface area contributed by atoms with E-state index in [-0.39, 0.29) is 11.2 Å². The fourth-order valence-corrected chi connectivity index (χ4v) is 4.05. The first-order valence-electron chi connectivity index (χ1n) is 9.66. The van der Waals surface area contributed by atoms with Crippen LogP contribution in [0.3, 0.4) is 0 Å². The number of benzene rings is 2. The number of ether oxygens (including phenoxy) is 3. The topological polar surface area (TPSA) is 74.6 Å². The van der Waals surface area contributed by atoms with E-state index < -0.39 is 0 Å². The molecule has 0 bridgehead atoms. The average molecular weight is 430 g/mol. The lowest BCUT2D eigenvalue weighted by molar-refractivity contribution is -0.120. The highest BCUT2D eigenvalue weighted by molar-refractivity contribution is 8.00. The number of carbonyl (C=O) groups is 1. The Bertz CT molecular complexity index is 1010. The van der Waals surface area contributed by atoms with Gasteiger partial charge in [-0.3, -0.25) is 4.79 Å². The van der Waals surface area contributed by atoms with E-state index in [9.17, 15) is 4.79 Å². The van der Waals surface area contributed by atoms with Crippen molar-refractivity contribution in [2.24, 2.45) is 0 Å². The van der Waals surface area contributed by atoms with Crippen molar-refractivity contribution < 1.29 is 19.0 Å². The number of nitrogens with zero attached hydrogens (tertiary/aromatic N) is 2. The molecule has 1 heterocycles. The predicted octanol–water partition coefficient (Wildman–Crippen LogP) is 3.50. The maximum atomic E-state index is 12.7. The van der Waals surface area contributed by atoms with E-state index in [2.05, 4.69) is 9.88 Å². The maximum Gasteiger partial charge on any atom is 0.233 e. The Morgan fingerprint density at radius 1 is 1.13 bits per heavy atom. The van der Waals surface area contributed by atoms with Crippen LogP contribution in [0.25, 0.3) is 11.0 Å². The van der Waals surface area contributed by atoms with Crippen LogP contribution in [0.1, 0.15) is 12.5 Å². The Labute approximate surface area is 180 Å². The van der Waals surface area contributed by atoms with Crippen LogP contribution in [0.2, 0.25) is 0 Å². The van der Waals surface area contributed by atoms with Gasteiger partial charge >= 0.3 is 0 Å². The van der Waals surface area contributed by atoms with Gasteiger partial charge in [-0.05, 0) is 36.8 Å². The van der Waals surface area contributed by atoms with Gasteiger partial charge in [-0.1, -0.05) is 30.0 Å². The van der Waals surface area contributed by atoms with Gasteiger partial charge < -0.3 is 24.1 Å². The summed E-state index contributed by atoms with van der Waals surface area (Å²) < 4.78 is 17.9. The monoisotopic (exact) mass is 429 g/mol. The highest BCUT2D eigenvalue weighted by atomic mass is 32.2. The lowest BCUT2D eigenvalue weighted by Crippen LogP contribution is -2.30. The van der Waals surface area contributed by atoms with Gasteiger partial charge in [0.15, 0.2) is 16.7 Å². The number of nitrogens with one attached hydrogen (secondary N) is 1. The van der Waals surface area contributed by atoms with Gasteiger partial charge in [-0.25, -0.2) is 4.98 Å². The number of hydrogen-bond donors (Lipinski definition) is 1. The molecule has 1 atom stereocenters. The zero-order valence-corrected chi connectivity index (χ0v) is 18.5. The van der Waals surface area contributed by atoms with Crippen molar-refractivity contribution in [2.75, 3.05) is 27.9 Å². The quantitative estimate of drug-likeness (QED) is 0.497. The van der Waals surface area contributed by atoms with E-state index in [0.717, 1.165) is 21.8 Å². The van der Waals surface area contributed by atoms with Gasteiger partial charge in [0.05, 0.1) is 37.1 Å². The number of aromatic nitrogens is 2. The normalized spacial score (nSPS) is 12.0. The van der Waals surface area contributed by atoms with Crippen molar-refractivity contribution in [3.05, 3.63) is 48.0 Å². The van der Waals surface area contributed by atoms with E-state index in [1.54, 1.807) is 21.3 Å². The molecule has 0 fully saturated rings. The van der Waals surface area contributed by atoms with Crippen molar-refractivity contribution in [2.45, 2.75) is 30.4 Å². The molecule has 8 heteroatoms. The lowest BCUT2D eigenvalue weighted by Gasteiger charge is -2.14.